The number of benzene rings is 2. The van der Waals surface area contributed by atoms with Crippen LogP contribution in [0, 0.1) is 6.92 Å². The van der Waals surface area contributed by atoms with E-state index in [0.717, 1.165) is 16.9 Å². The van der Waals surface area contributed by atoms with Gasteiger partial charge in [0.2, 0.25) is 5.91 Å². The van der Waals surface area contributed by atoms with Gasteiger partial charge in [-0.1, -0.05) is 30.3 Å². The van der Waals surface area contributed by atoms with Gasteiger partial charge in [-0.15, -0.1) is 0 Å². The average molecular weight is 312 g/mol. The van der Waals surface area contributed by atoms with E-state index < -0.39 is 0 Å². The fraction of sp³-hybridized carbons (Fsp3) is 0.222. The first-order chi connectivity index (χ1) is 11.1. The van der Waals surface area contributed by atoms with E-state index in [-0.39, 0.29) is 18.4 Å². The number of methoxy groups -OCH3 is 1. The molecule has 120 valence electrons. The highest BCUT2D eigenvalue weighted by Crippen LogP contribution is 2.18. The highest BCUT2D eigenvalue weighted by Gasteiger charge is 2.07. The van der Waals surface area contributed by atoms with Crippen molar-refractivity contribution in [3.8, 4) is 5.75 Å². The molecule has 2 rings (SSSR count). The minimum absolute atomic E-state index is 0.0527. The molecule has 0 saturated heterocycles. The summed E-state index contributed by atoms with van der Waals surface area (Å²) in [6, 6.07) is 14.5. The quantitative estimate of drug-likeness (QED) is 0.858. The number of amides is 2. The van der Waals surface area contributed by atoms with Crippen molar-refractivity contribution in [2.45, 2.75) is 13.5 Å². The molecule has 0 heterocycles. The molecule has 0 bridgehead atoms. The number of carbonyl (C=O) groups is 2. The van der Waals surface area contributed by atoms with Gasteiger partial charge in [-0.2, -0.15) is 0 Å². The van der Waals surface area contributed by atoms with Gasteiger partial charge in [0.1, 0.15) is 5.75 Å². The molecule has 0 unspecified atom stereocenters. The lowest BCUT2D eigenvalue weighted by atomic mass is 10.1. The molecule has 2 N–H and O–H groups in total. The van der Waals surface area contributed by atoms with Crippen molar-refractivity contribution in [2.75, 3.05) is 13.7 Å². The van der Waals surface area contributed by atoms with Crippen LogP contribution >= 0.6 is 0 Å². The fourth-order valence-electron chi connectivity index (χ4n) is 2.17. The largest absolute Gasteiger partial charge is 0.496 e. The van der Waals surface area contributed by atoms with Crippen molar-refractivity contribution in [1.82, 2.24) is 10.6 Å². The van der Waals surface area contributed by atoms with E-state index in [1.54, 1.807) is 31.4 Å². The highest BCUT2D eigenvalue weighted by atomic mass is 16.5. The van der Waals surface area contributed by atoms with E-state index in [1.807, 2.05) is 31.2 Å². The predicted octanol–water partition coefficient (Wildman–Crippen LogP) is 2.05. The van der Waals surface area contributed by atoms with Gasteiger partial charge in [-0.25, -0.2) is 0 Å². The summed E-state index contributed by atoms with van der Waals surface area (Å²) in [7, 11) is 1.62. The Labute approximate surface area is 135 Å². The Hall–Kier alpha value is -2.82. The van der Waals surface area contributed by atoms with Crippen LogP contribution in [0.4, 0.5) is 0 Å². The first kappa shape index (κ1) is 16.5. The van der Waals surface area contributed by atoms with Crippen LogP contribution in [0.25, 0.3) is 0 Å². The zero-order valence-corrected chi connectivity index (χ0v) is 13.3. The van der Waals surface area contributed by atoms with Crippen molar-refractivity contribution < 1.29 is 14.3 Å². The van der Waals surface area contributed by atoms with E-state index in [0.29, 0.717) is 12.1 Å². The van der Waals surface area contributed by atoms with Gasteiger partial charge in [0.25, 0.3) is 5.91 Å². The van der Waals surface area contributed by atoms with E-state index in [9.17, 15) is 9.59 Å². The van der Waals surface area contributed by atoms with Crippen molar-refractivity contribution in [2.24, 2.45) is 0 Å². The molecule has 0 spiro atoms. The summed E-state index contributed by atoms with van der Waals surface area (Å²) in [4.78, 5) is 23.6. The van der Waals surface area contributed by atoms with Crippen LogP contribution in [-0.2, 0) is 11.3 Å². The molecular formula is C18H20N2O3. The summed E-state index contributed by atoms with van der Waals surface area (Å²) in [6.07, 6.45) is 0. The van der Waals surface area contributed by atoms with Crippen LogP contribution in [0.2, 0.25) is 0 Å². The summed E-state index contributed by atoms with van der Waals surface area (Å²) < 4.78 is 5.20. The third-order valence-electron chi connectivity index (χ3n) is 3.39. The van der Waals surface area contributed by atoms with Gasteiger partial charge in [0, 0.05) is 12.1 Å². The zero-order chi connectivity index (χ0) is 16.7. The van der Waals surface area contributed by atoms with Crippen LogP contribution in [0.1, 0.15) is 21.5 Å². The Kier molecular flexibility index (Phi) is 5.74. The first-order valence-electron chi connectivity index (χ1n) is 7.33. The van der Waals surface area contributed by atoms with Crippen LogP contribution in [0.15, 0.2) is 48.5 Å². The van der Waals surface area contributed by atoms with E-state index in [4.69, 9.17) is 4.74 Å². The number of nitrogens with one attached hydrogen (secondary N) is 2. The molecule has 0 aliphatic carbocycles. The molecule has 0 fully saturated rings. The summed E-state index contributed by atoms with van der Waals surface area (Å²) in [6.45, 7) is 2.30. The Morgan fingerprint density at radius 1 is 1.04 bits per heavy atom. The van der Waals surface area contributed by atoms with Crippen molar-refractivity contribution in [1.29, 1.82) is 0 Å². The summed E-state index contributed by atoms with van der Waals surface area (Å²) in [5, 5.41) is 5.37. The maximum atomic E-state index is 11.8. The Morgan fingerprint density at radius 2 is 1.78 bits per heavy atom. The second-order valence-electron chi connectivity index (χ2n) is 5.13. The lowest BCUT2D eigenvalue weighted by molar-refractivity contribution is -0.120. The Morgan fingerprint density at radius 3 is 2.43 bits per heavy atom. The van der Waals surface area contributed by atoms with Gasteiger partial charge in [0.15, 0.2) is 0 Å². The van der Waals surface area contributed by atoms with Gasteiger partial charge in [-0.3, -0.25) is 9.59 Å². The lowest BCUT2D eigenvalue weighted by Crippen LogP contribution is -2.36. The SMILES string of the molecule is COc1ccc(CNC(=O)CNC(=O)c2ccccc2)cc1C. The molecule has 5 nitrogen and oxygen atoms in total. The monoisotopic (exact) mass is 312 g/mol. The number of aryl methyl sites for hydroxylation is 1. The van der Waals surface area contributed by atoms with Crippen LogP contribution in [0.5, 0.6) is 5.75 Å². The predicted molar refractivity (Wildman–Crippen MR) is 88.4 cm³/mol. The number of hydrogen-bond acceptors (Lipinski definition) is 3. The minimum Gasteiger partial charge on any atom is -0.496 e. The molecule has 0 saturated carbocycles. The van der Waals surface area contributed by atoms with Crippen LogP contribution in [-0.4, -0.2) is 25.5 Å². The van der Waals surface area contributed by atoms with Crippen molar-refractivity contribution in [3.63, 3.8) is 0 Å². The Balaban J connectivity index is 1.79. The van der Waals surface area contributed by atoms with E-state index in [1.165, 1.54) is 0 Å². The molecular weight excluding hydrogens is 292 g/mol. The normalized spacial score (nSPS) is 10.0. The van der Waals surface area contributed by atoms with E-state index >= 15 is 0 Å². The molecule has 2 amide bonds. The Bertz CT molecular complexity index is 684. The lowest BCUT2D eigenvalue weighted by Gasteiger charge is -2.09. The van der Waals surface area contributed by atoms with Gasteiger partial charge in [-0.05, 0) is 36.2 Å². The maximum Gasteiger partial charge on any atom is 0.251 e. The standard InChI is InChI=1S/C18H20N2O3/c1-13-10-14(8-9-16(13)23-2)11-19-17(21)12-20-18(22)15-6-4-3-5-7-15/h3-10H,11-12H2,1-2H3,(H,19,21)(H,20,22). The topological polar surface area (TPSA) is 67.4 Å². The second kappa shape index (κ2) is 7.98. The molecule has 0 aliphatic heterocycles. The molecule has 23 heavy (non-hydrogen) atoms. The fourth-order valence-corrected chi connectivity index (χ4v) is 2.17. The van der Waals surface area contributed by atoms with E-state index in [2.05, 4.69) is 10.6 Å². The minimum atomic E-state index is -0.263. The molecule has 0 aromatic heterocycles. The van der Waals surface area contributed by atoms with Crippen molar-refractivity contribution in [3.05, 3.63) is 65.2 Å². The van der Waals surface area contributed by atoms with Gasteiger partial charge in [0.05, 0.1) is 13.7 Å². The van der Waals surface area contributed by atoms with Crippen molar-refractivity contribution >= 4 is 11.8 Å². The molecule has 0 aliphatic rings. The van der Waals surface area contributed by atoms with Gasteiger partial charge >= 0.3 is 0 Å². The summed E-state index contributed by atoms with van der Waals surface area (Å²) in [5.41, 5.74) is 2.52. The van der Waals surface area contributed by atoms with Crippen LogP contribution < -0.4 is 15.4 Å². The highest BCUT2D eigenvalue weighted by molar-refractivity contribution is 5.96. The molecule has 0 atom stereocenters. The molecule has 2 aromatic rings. The first-order valence-corrected chi connectivity index (χ1v) is 7.33. The summed E-state index contributed by atoms with van der Waals surface area (Å²) >= 11 is 0. The number of rotatable bonds is 6. The average Bonchev–Trinajstić information content (AvgIpc) is 2.58. The maximum absolute atomic E-state index is 11.8. The third-order valence-corrected chi connectivity index (χ3v) is 3.39. The third kappa shape index (κ3) is 4.85. The number of hydrogen-bond donors (Lipinski definition) is 2. The second-order valence-corrected chi connectivity index (χ2v) is 5.13. The summed E-state index contributed by atoms with van der Waals surface area (Å²) in [5.74, 6) is 0.319. The number of ether oxygens (including phenoxy) is 1. The molecule has 0 radical (unpaired) electrons. The smallest absolute Gasteiger partial charge is 0.251 e. The van der Waals surface area contributed by atoms with Crippen LogP contribution in [0.3, 0.4) is 0 Å². The van der Waals surface area contributed by atoms with Gasteiger partial charge < -0.3 is 15.4 Å². The molecule has 2 aromatic carbocycles. The zero-order valence-electron chi connectivity index (χ0n) is 13.3. The number of carbonyl (C=O) groups excluding carboxylic acids is 2. The molecule has 5 heteroatoms.